The molecule has 0 saturated carbocycles. The topological polar surface area (TPSA) is 82.0 Å². The van der Waals surface area contributed by atoms with Crippen molar-refractivity contribution in [1.82, 2.24) is 0 Å². The van der Waals surface area contributed by atoms with Gasteiger partial charge in [-0.2, -0.15) is 5.26 Å². The minimum atomic E-state index is -0.564. The Morgan fingerprint density at radius 2 is 1.96 bits per heavy atom. The van der Waals surface area contributed by atoms with Crippen molar-refractivity contribution in [3.63, 3.8) is 0 Å². The van der Waals surface area contributed by atoms with Crippen molar-refractivity contribution in [2.75, 3.05) is 10.6 Å². The fraction of sp³-hybridized carbons (Fsp3) is 0.0625. The lowest BCUT2D eigenvalue weighted by Gasteiger charge is -2.11. The van der Waals surface area contributed by atoms with Crippen molar-refractivity contribution >= 4 is 34.8 Å². The third-order valence-electron chi connectivity index (χ3n) is 2.82. The number of nitrogens with zero attached hydrogens (tertiary/aromatic N) is 1. The highest BCUT2D eigenvalue weighted by molar-refractivity contribution is 6.31. The van der Waals surface area contributed by atoms with Gasteiger partial charge in [-0.1, -0.05) is 17.7 Å². The molecule has 116 valence electrons. The summed E-state index contributed by atoms with van der Waals surface area (Å²) in [6.07, 6.45) is -0.340. The van der Waals surface area contributed by atoms with Gasteiger partial charge >= 0.3 is 0 Å². The van der Waals surface area contributed by atoms with E-state index in [0.717, 1.165) is 6.07 Å². The molecule has 2 N–H and O–H groups in total. The van der Waals surface area contributed by atoms with Crippen LogP contribution in [0.15, 0.2) is 42.5 Å². The highest BCUT2D eigenvalue weighted by Gasteiger charge is 2.14. The van der Waals surface area contributed by atoms with Crippen molar-refractivity contribution in [1.29, 1.82) is 5.26 Å². The monoisotopic (exact) mass is 331 g/mol. The second-order valence-electron chi connectivity index (χ2n) is 4.54. The van der Waals surface area contributed by atoms with Crippen LogP contribution in [0.4, 0.5) is 15.8 Å². The molecule has 2 amide bonds. The molecule has 0 radical (unpaired) electrons. The van der Waals surface area contributed by atoms with Gasteiger partial charge in [-0.25, -0.2) is 4.39 Å². The molecular formula is C16H11ClFN3O2. The van der Waals surface area contributed by atoms with Crippen molar-refractivity contribution < 1.29 is 14.0 Å². The quantitative estimate of drug-likeness (QED) is 0.898. The van der Waals surface area contributed by atoms with E-state index in [4.69, 9.17) is 16.9 Å². The van der Waals surface area contributed by atoms with Crippen LogP contribution in [0.3, 0.4) is 0 Å². The van der Waals surface area contributed by atoms with E-state index in [0.29, 0.717) is 5.02 Å². The standard InChI is InChI=1S/C16H11ClFN3O2/c17-10-4-5-14(21-15(22)6-7-19)13(8-10)16(23)20-12-3-1-2-11(18)9-12/h1-5,8-9H,6H2,(H,20,23)(H,21,22). The summed E-state index contributed by atoms with van der Waals surface area (Å²) in [6, 6.07) is 11.4. The van der Waals surface area contributed by atoms with Gasteiger partial charge in [0.05, 0.1) is 17.3 Å². The molecule has 0 bridgehead atoms. The van der Waals surface area contributed by atoms with Gasteiger partial charge < -0.3 is 10.6 Å². The van der Waals surface area contributed by atoms with E-state index in [-0.39, 0.29) is 23.4 Å². The summed E-state index contributed by atoms with van der Waals surface area (Å²) < 4.78 is 13.2. The first-order chi connectivity index (χ1) is 11.0. The Labute approximate surface area is 136 Å². The maximum atomic E-state index is 13.2. The molecule has 0 aliphatic rings. The zero-order valence-electron chi connectivity index (χ0n) is 11.8. The van der Waals surface area contributed by atoms with Gasteiger partial charge in [0.1, 0.15) is 12.2 Å². The Morgan fingerprint density at radius 3 is 2.65 bits per heavy atom. The van der Waals surface area contributed by atoms with Crippen LogP contribution >= 0.6 is 11.6 Å². The predicted octanol–water partition coefficient (Wildman–Crippen LogP) is 3.58. The molecule has 5 nitrogen and oxygen atoms in total. The van der Waals surface area contributed by atoms with Crippen LogP contribution in [0.2, 0.25) is 5.02 Å². The van der Waals surface area contributed by atoms with Crippen molar-refractivity contribution in [2.45, 2.75) is 6.42 Å². The van der Waals surface area contributed by atoms with Crippen LogP contribution in [0.25, 0.3) is 0 Å². The lowest BCUT2D eigenvalue weighted by atomic mass is 10.1. The number of carbonyl (C=O) groups excluding carboxylic acids is 2. The number of carbonyl (C=O) groups is 2. The minimum absolute atomic E-state index is 0.105. The fourth-order valence-electron chi connectivity index (χ4n) is 1.84. The molecule has 0 saturated heterocycles. The largest absolute Gasteiger partial charge is 0.324 e. The van der Waals surface area contributed by atoms with E-state index in [1.165, 1.54) is 36.4 Å². The summed E-state index contributed by atoms with van der Waals surface area (Å²) in [7, 11) is 0. The van der Waals surface area contributed by atoms with Gasteiger partial charge in [0, 0.05) is 10.7 Å². The Bertz CT molecular complexity index is 802. The Hall–Kier alpha value is -2.91. The van der Waals surface area contributed by atoms with Gasteiger partial charge in [0.15, 0.2) is 0 Å². The predicted molar refractivity (Wildman–Crippen MR) is 84.7 cm³/mol. The lowest BCUT2D eigenvalue weighted by Crippen LogP contribution is -2.18. The molecular weight excluding hydrogens is 321 g/mol. The van der Waals surface area contributed by atoms with E-state index >= 15 is 0 Å². The zero-order valence-corrected chi connectivity index (χ0v) is 12.5. The molecule has 0 fully saturated rings. The first-order valence-electron chi connectivity index (χ1n) is 6.53. The van der Waals surface area contributed by atoms with E-state index < -0.39 is 17.6 Å². The van der Waals surface area contributed by atoms with E-state index in [1.54, 1.807) is 6.07 Å². The molecule has 0 aromatic heterocycles. The van der Waals surface area contributed by atoms with Crippen LogP contribution in [-0.2, 0) is 4.79 Å². The Kier molecular flexibility index (Phi) is 5.28. The second-order valence-corrected chi connectivity index (χ2v) is 4.97. The Morgan fingerprint density at radius 1 is 1.17 bits per heavy atom. The van der Waals surface area contributed by atoms with Crippen LogP contribution in [-0.4, -0.2) is 11.8 Å². The maximum absolute atomic E-state index is 13.2. The van der Waals surface area contributed by atoms with Crippen LogP contribution in [0.5, 0.6) is 0 Å². The van der Waals surface area contributed by atoms with Gasteiger partial charge in [-0.05, 0) is 36.4 Å². The first kappa shape index (κ1) is 16.5. The first-order valence-corrected chi connectivity index (χ1v) is 6.90. The molecule has 2 rings (SSSR count). The number of halogens is 2. The Balaban J connectivity index is 2.26. The van der Waals surface area contributed by atoms with Gasteiger partial charge in [-0.15, -0.1) is 0 Å². The number of hydrogen-bond acceptors (Lipinski definition) is 3. The summed E-state index contributed by atoms with van der Waals surface area (Å²) in [4.78, 5) is 23.9. The molecule has 0 atom stereocenters. The number of anilines is 2. The third-order valence-corrected chi connectivity index (χ3v) is 3.06. The number of rotatable bonds is 4. The van der Waals surface area contributed by atoms with E-state index in [1.807, 2.05) is 0 Å². The van der Waals surface area contributed by atoms with Crippen LogP contribution < -0.4 is 10.6 Å². The fourth-order valence-corrected chi connectivity index (χ4v) is 2.02. The number of hydrogen-bond donors (Lipinski definition) is 2. The molecule has 0 unspecified atom stereocenters. The smallest absolute Gasteiger partial charge is 0.257 e. The highest BCUT2D eigenvalue weighted by Crippen LogP contribution is 2.22. The van der Waals surface area contributed by atoms with Gasteiger partial charge in [0.25, 0.3) is 5.91 Å². The molecule has 0 aliphatic carbocycles. The minimum Gasteiger partial charge on any atom is -0.324 e. The lowest BCUT2D eigenvalue weighted by molar-refractivity contribution is -0.115. The van der Waals surface area contributed by atoms with Gasteiger partial charge in [-0.3, -0.25) is 9.59 Å². The summed E-state index contributed by atoms with van der Waals surface area (Å²) in [5, 5.41) is 13.8. The van der Waals surface area contributed by atoms with Gasteiger partial charge in [0.2, 0.25) is 5.91 Å². The van der Waals surface area contributed by atoms with E-state index in [9.17, 15) is 14.0 Å². The van der Waals surface area contributed by atoms with E-state index in [2.05, 4.69) is 10.6 Å². The average Bonchev–Trinajstić information content (AvgIpc) is 2.49. The summed E-state index contributed by atoms with van der Waals surface area (Å²) >= 11 is 5.88. The molecule has 0 spiro atoms. The van der Waals surface area contributed by atoms with Crippen molar-refractivity contribution in [2.24, 2.45) is 0 Å². The maximum Gasteiger partial charge on any atom is 0.257 e. The average molecular weight is 332 g/mol. The molecule has 2 aromatic rings. The number of amides is 2. The SMILES string of the molecule is N#CCC(=O)Nc1ccc(Cl)cc1C(=O)Nc1cccc(F)c1. The normalized spacial score (nSPS) is 9.78. The number of benzene rings is 2. The molecule has 7 heteroatoms. The molecule has 2 aromatic carbocycles. The number of nitrogens with one attached hydrogen (secondary N) is 2. The zero-order chi connectivity index (χ0) is 16.8. The third kappa shape index (κ3) is 4.53. The van der Waals surface area contributed by atoms with Crippen LogP contribution in [0, 0.1) is 17.1 Å². The molecule has 0 heterocycles. The summed E-state index contributed by atoms with van der Waals surface area (Å²) in [5.74, 6) is -1.60. The molecule has 23 heavy (non-hydrogen) atoms. The summed E-state index contributed by atoms with van der Waals surface area (Å²) in [6.45, 7) is 0. The number of nitriles is 1. The van der Waals surface area contributed by atoms with Crippen molar-refractivity contribution in [3.05, 3.63) is 58.9 Å². The second kappa shape index (κ2) is 7.38. The van der Waals surface area contributed by atoms with Crippen LogP contribution in [0.1, 0.15) is 16.8 Å². The highest BCUT2D eigenvalue weighted by atomic mass is 35.5. The summed E-state index contributed by atoms with van der Waals surface area (Å²) in [5.41, 5.74) is 0.584. The van der Waals surface area contributed by atoms with Crippen molar-refractivity contribution in [3.8, 4) is 6.07 Å². The molecule has 0 aliphatic heterocycles.